The van der Waals surface area contributed by atoms with Crippen molar-refractivity contribution in [3.63, 3.8) is 0 Å². The Labute approximate surface area is 184 Å². The van der Waals surface area contributed by atoms with Gasteiger partial charge >= 0.3 is 5.91 Å². The number of aliphatic hydroxyl groups excluding tert-OH is 1. The Morgan fingerprint density at radius 1 is 0.938 bits per heavy atom. The van der Waals surface area contributed by atoms with Crippen LogP contribution >= 0.6 is 11.3 Å². The van der Waals surface area contributed by atoms with Crippen LogP contribution in [0.3, 0.4) is 0 Å². The van der Waals surface area contributed by atoms with Crippen LogP contribution in [0.15, 0.2) is 78.4 Å². The van der Waals surface area contributed by atoms with E-state index in [9.17, 15) is 23.5 Å². The monoisotopic (exact) mass is 448 g/mol. The minimum atomic E-state index is -0.952. The highest BCUT2D eigenvalue weighted by Gasteiger charge is 2.48. The highest BCUT2D eigenvalue weighted by atomic mass is 32.1. The van der Waals surface area contributed by atoms with E-state index in [0.29, 0.717) is 15.8 Å². The normalized spacial score (nSPS) is 17.9. The lowest BCUT2D eigenvalue weighted by atomic mass is 9.95. The molecule has 5 nitrogen and oxygen atoms in total. The molecule has 1 N–H and O–H groups in total. The van der Waals surface area contributed by atoms with E-state index >= 15 is 0 Å². The summed E-state index contributed by atoms with van der Waals surface area (Å²) < 4.78 is 27.5. The lowest BCUT2D eigenvalue weighted by Gasteiger charge is -2.22. The van der Waals surface area contributed by atoms with Crippen molar-refractivity contribution >= 4 is 44.1 Å². The molecule has 3 aromatic carbocycles. The number of Topliss-reactive ketones (excluding diaryl/α,β-unsaturated/α-hetero) is 1. The molecule has 2 heterocycles. The molecule has 0 bridgehead atoms. The van der Waals surface area contributed by atoms with Gasteiger partial charge in [-0.3, -0.25) is 14.5 Å². The Bertz CT molecular complexity index is 1400. The summed E-state index contributed by atoms with van der Waals surface area (Å²) in [5, 5.41) is 11.2. The van der Waals surface area contributed by atoms with Crippen molar-refractivity contribution in [2.24, 2.45) is 0 Å². The number of amides is 1. The van der Waals surface area contributed by atoms with E-state index < -0.39 is 35.1 Å². The Hall–Kier alpha value is -3.91. The van der Waals surface area contributed by atoms with Gasteiger partial charge in [-0.2, -0.15) is 0 Å². The molecule has 1 fully saturated rings. The van der Waals surface area contributed by atoms with Gasteiger partial charge in [-0.15, -0.1) is 0 Å². The fraction of sp³-hybridized carbons (Fsp3) is 0.0417. The van der Waals surface area contributed by atoms with Crippen molar-refractivity contribution in [3.8, 4) is 0 Å². The van der Waals surface area contributed by atoms with Crippen LogP contribution in [-0.2, 0) is 9.59 Å². The van der Waals surface area contributed by atoms with Gasteiger partial charge in [-0.05, 0) is 48.0 Å². The molecule has 1 aromatic heterocycles. The number of rotatable bonds is 3. The van der Waals surface area contributed by atoms with Gasteiger partial charge in [0.15, 0.2) is 5.13 Å². The molecule has 0 saturated carbocycles. The molecule has 0 aliphatic carbocycles. The first-order chi connectivity index (χ1) is 15.4. The number of hydrogen-bond donors (Lipinski definition) is 1. The number of halogens is 2. The largest absolute Gasteiger partial charge is 0.507 e. The van der Waals surface area contributed by atoms with Gasteiger partial charge in [0.25, 0.3) is 5.78 Å². The van der Waals surface area contributed by atoms with Gasteiger partial charge in [0.2, 0.25) is 0 Å². The highest BCUT2D eigenvalue weighted by Crippen LogP contribution is 2.44. The number of nitrogens with zero attached hydrogens (tertiary/aromatic N) is 2. The first-order valence-corrected chi connectivity index (χ1v) is 10.4. The number of carbonyl (C=O) groups is 2. The number of ketones is 1. The molecule has 1 saturated heterocycles. The number of carbonyl (C=O) groups excluding carboxylic acids is 2. The van der Waals surface area contributed by atoms with Gasteiger partial charge in [-0.25, -0.2) is 13.8 Å². The number of aromatic nitrogens is 1. The summed E-state index contributed by atoms with van der Waals surface area (Å²) in [6.45, 7) is 0. The van der Waals surface area contributed by atoms with Crippen molar-refractivity contribution < 1.29 is 23.5 Å². The Balaban J connectivity index is 1.72. The van der Waals surface area contributed by atoms with E-state index in [1.54, 1.807) is 30.3 Å². The second kappa shape index (κ2) is 7.65. The minimum absolute atomic E-state index is 0.127. The maximum absolute atomic E-state index is 13.7. The van der Waals surface area contributed by atoms with Crippen LogP contribution in [0.5, 0.6) is 0 Å². The van der Waals surface area contributed by atoms with Crippen molar-refractivity contribution in [1.82, 2.24) is 4.98 Å². The summed E-state index contributed by atoms with van der Waals surface area (Å²) in [4.78, 5) is 31.8. The third kappa shape index (κ3) is 3.25. The minimum Gasteiger partial charge on any atom is -0.507 e. The van der Waals surface area contributed by atoms with E-state index in [-0.39, 0.29) is 16.3 Å². The number of anilines is 1. The molecular weight excluding hydrogens is 434 g/mol. The first kappa shape index (κ1) is 20.0. The lowest BCUT2D eigenvalue weighted by molar-refractivity contribution is -0.132. The molecule has 0 spiro atoms. The molecule has 1 atom stereocenters. The van der Waals surface area contributed by atoms with Gasteiger partial charge in [-0.1, -0.05) is 41.7 Å². The Kier molecular flexibility index (Phi) is 4.79. The first-order valence-electron chi connectivity index (χ1n) is 9.62. The average Bonchev–Trinajstić information content (AvgIpc) is 3.32. The zero-order valence-corrected chi connectivity index (χ0v) is 17.1. The lowest BCUT2D eigenvalue weighted by Crippen LogP contribution is -2.29. The van der Waals surface area contributed by atoms with Crippen LogP contribution < -0.4 is 4.90 Å². The fourth-order valence-corrected chi connectivity index (χ4v) is 4.75. The Morgan fingerprint density at radius 2 is 1.62 bits per heavy atom. The van der Waals surface area contributed by atoms with Gasteiger partial charge in [0, 0.05) is 5.56 Å². The fourth-order valence-electron chi connectivity index (χ4n) is 3.73. The molecular formula is C24H14F2N2O3S. The summed E-state index contributed by atoms with van der Waals surface area (Å²) in [7, 11) is 0. The molecule has 32 heavy (non-hydrogen) atoms. The molecule has 1 aliphatic heterocycles. The smallest absolute Gasteiger partial charge is 0.301 e. The van der Waals surface area contributed by atoms with Crippen molar-refractivity contribution in [2.45, 2.75) is 6.04 Å². The average molecular weight is 448 g/mol. The second-order valence-electron chi connectivity index (χ2n) is 7.20. The van der Waals surface area contributed by atoms with E-state index in [4.69, 9.17) is 0 Å². The van der Waals surface area contributed by atoms with E-state index in [1.165, 1.54) is 35.2 Å². The molecule has 8 heteroatoms. The number of aliphatic hydroxyl groups is 1. The standard InChI is InChI=1S/C24H14F2N2O3S/c25-15-8-6-14(7-9-15)21(29)19-20(13-4-2-1-3-5-13)28(23(31)22(19)30)24-27-17-11-10-16(26)12-18(17)32-24/h1-12,20,29H/t20-/m1/s1. The molecule has 0 unspecified atom stereocenters. The Morgan fingerprint density at radius 3 is 2.34 bits per heavy atom. The number of fused-ring (bicyclic) bond motifs is 1. The topological polar surface area (TPSA) is 70.5 Å². The quantitative estimate of drug-likeness (QED) is 0.266. The maximum Gasteiger partial charge on any atom is 0.301 e. The van der Waals surface area contributed by atoms with Crippen LogP contribution in [0.1, 0.15) is 17.2 Å². The zero-order valence-electron chi connectivity index (χ0n) is 16.3. The predicted molar refractivity (Wildman–Crippen MR) is 117 cm³/mol. The maximum atomic E-state index is 13.7. The predicted octanol–water partition coefficient (Wildman–Crippen LogP) is 5.20. The van der Waals surface area contributed by atoms with E-state index in [2.05, 4.69) is 4.98 Å². The van der Waals surface area contributed by atoms with E-state index in [0.717, 1.165) is 23.5 Å². The molecule has 1 amide bonds. The highest BCUT2D eigenvalue weighted by molar-refractivity contribution is 7.22. The molecule has 1 aliphatic rings. The number of hydrogen-bond acceptors (Lipinski definition) is 5. The van der Waals surface area contributed by atoms with Crippen LogP contribution in [-0.4, -0.2) is 21.8 Å². The number of benzene rings is 3. The van der Waals surface area contributed by atoms with Gasteiger partial charge < -0.3 is 5.11 Å². The van der Waals surface area contributed by atoms with Crippen molar-refractivity contribution in [2.75, 3.05) is 4.90 Å². The van der Waals surface area contributed by atoms with Gasteiger partial charge in [0.05, 0.1) is 21.8 Å². The molecule has 158 valence electrons. The summed E-state index contributed by atoms with van der Waals surface area (Å²) in [5.74, 6) is -3.09. The zero-order chi connectivity index (χ0) is 22.4. The SMILES string of the molecule is O=C1C(=O)N(c2nc3ccc(F)cc3s2)[C@H](c2ccccc2)C1=C(O)c1ccc(F)cc1. The third-order valence-corrected chi connectivity index (χ3v) is 6.24. The van der Waals surface area contributed by atoms with Crippen LogP contribution in [0.4, 0.5) is 13.9 Å². The van der Waals surface area contributed by atoms with Crippen LogP contribution in [0, 0.1) is 11.6 Å². The summed E-state index contributed by atoms with van der Waals surface area (Å²) >= 11 is 1.07. The third-order valence-electron chi connectivity index (χ3n) is 5.22. The molecule has 4 aromatic rings. The van der Waals surface area contributed by atoms with Crippen molar-refractivity contribution in [1.29, 1.82) is 0 Å². The van der Waals surface area contributed by atoms with Gasteiger partial charge in [0.1, 0.15) is 17.4 Å². The van der Waals surface area contributed by atoms with E-state index in [1.807, 2.05) is 0 Å². The van der Waals surface area contributed by atoms with Crippen LogP contribution in [0.25, 0.3) is 16.0 Å². The summed E-state index contributed by atoms with van der Waals surface area (Å²) in [6.07, 6.45) is 0. The van der Waals surface area contributed by atoms with Crippen LogP contribution in [0.2, 0.25) is 0 Å². The molecule has 5 rings (SSSR count). The summed E-state index contributed by atoms with van der Waals surface area (Å²) in [6, 6.07) is 16.9. The summed E-state index contributed by atoms with van der Waals surface area (Å²) in [5.41, 5.74) is 1.15. The van der Waals surface area contributed by atoms with Crippen molar-refractivity contribution in [3.05, 3.63) is 101 Å². The second-order valence-corrected chi connectivity index (χ2v) is 8.20. The molecule has 0 radical (unpaired) electrons. The number of thiazole rings is 1.